The smallest absolute Gasteiger partial charge is 0.240 e. The number of carbonyl (C=O) groups is 1. The van der Waals surface area contributed by atoms with Gasteiger partial charge in [-0.3, -0.25) is 15.0 Å². The van der Waals surface area contributed by atoms with Gasteiger partial charge in [0.2, 0.25) is 11.8 Å². The maximum atomic E-state index is 12.1. The van der Waals surface area contributed by atoms with E-state index < -0.39 is 0 Å². The molecule has 2 unspecified atom stereocenters. The van der Waals surface area contributed by atoms with Gasteiger partial charge < -0.3 is 10.2 Å². The van der Waals surface area contributed by atoms with Crippen molar-refractivity contribution in [1.29, 1.82) is 5.26 Å². The normalized spacial score (nSPS) is 22.8. The van der Waals surface area contributed by atoms with Gasteiger partial charge >= 0.3 is 0 Å². The van der Waals surface area contributed by atoms with Gasteiger partial charge in [-0.15, -0.1) is 0 Å². The lowest BCUT2D eigenvalue weighted by atomic mass is 9.99. The average Bonchev–Trinajstić information content (AvgIpc) is 2.67. The first-order valence-corrected chi connectivity index (χ1v) is 7.22. The molecule has 0 bridgehead atoms. The molecule has 1 fully saturated rings. The third-order valence-electron chi connectivity index (χ3n) is 4.15. The van der Waals surface area contributed by atoms with Crippen LogP contribution in [-0.2, 0) is 4.79 Å². The fraction of sp³-hybridized carbons (Fsp3) is 0.600. The lowest BCUT2D eigenvalue weighted by Crippen LogP contribution is -2.48. The Balaban J connectivity index is 2.00. The lowest BCUT2D eigenvalue weighted by molar-refractivity contribution is -0.118. The molecule has 1 saturated heterocycles. The number of nitriles is 1. The van der Waals surface area contributed by atoms with Crippen LogP contribution in [0.25, 0.3) is 0 Å². The molecule has 2 rings (SSSR count). The predicted octanol–water partition coefficient (Wildman–Crippen LogP) is 1.52. The second-order valence-corrected chi connectivity index (χ2v) is 5.75. The van der Waals surface area contributed by atoms with Crippen LogP contribution in [0.3, 0.4) is 0 Å². The molecule has 2 heterocycles. The van der Waals surface area contributed by atoms with Crippen molar-refractivity contribution in [2.75, 3.05) is 18.4 Å². The van der Waals surface area contributed by atoms with Crippen LogP contribution in [-0.4, -0.2) is 36.0 Å². The number of hydrogen-bond acceptors (Lipinski definition) is 5. The number of aryl methyl sites for hydroxylation is 1. The highest BCUT2D eigenvalue weighted by Gasteiger charge is 2.25. The summed E-state index contributed by atoms with van der Waals surface area (Å²) in [6, 6.07) is 2.58. The number of piperidine rings is 1. The molecule has 6 heteroatoms. The number of furan rings is 1. The number of anilines is 1. The molecule has 3 N–H and O–H groups in total. The van der Waals surface area contributed by atoms with Crippen LogP contribution in [0.1, 0.15) is 36.7 Å². The molecule has 0 aromatic carbocycles. The van der Waals surface area contributed by atoms with Crippen molar-refractivity contribution in [3.63, 3.8) is 0 Å². The van der Waals surface area contributed by atoms with Gasteiger partial charge in [0, 0.05) is 24.2 Å². The maximum absolute atomic E-state index is 12.1. The Morgan fingerprint density at radius 3 is 2.90 bits per heavy atom. The van der Waals surface area contributed by atoms with Crippen molar-refractivity contribution >= 4 is 11.8 Å². The van der Waals surface area contributed by atoms with E-state index in [4.69, 9.17) is 15.4 Å². The number of rotatable bonds is 3. The van der Waals surface area contributed by atoms with Crippen molar-refractivity contribution in [3.05, 3.63) is 16.9 Å². The van der Waals surface area contributed by atoms with E-state index in [1.165, 1.54) is 0 Å². The fourth-order valence-electron chi connectivity index (χ4n) is 2.69. The second-order valence-electron chi connectivity index (χ2n) is 5.75. The van der Waals surface area contributed by atoms with Crippen LogP contribution in [0.4, 0.5) is 5.88 Å². The van der Waals surface area contributed by atoms with E-state index >= 15 is 0 Å². The van der Waals surface area contributed by atoms with Gasteiger partial charge in [0.1, 0.15) is 17.4 Å². The number of hydrogen-bond donors (Lipinski definition) is 2. The van der Waals surface area contributed by atoms with Gasteiger partial charge in [0.25, 0.3) is 0 Å². The summed E-state index contributed by atoms with van der Waals surface area (Å²) in [5.41, 5.74) is 7.09. The summed E-state index contributed by atoms with van der Waals surface area (Å²) in [5, 5.41) is 11.8. The first-order valence-electron chi connectivity index (χ1n) is 7.22. The minimum absolute atomic E-state index is 0.164. The van der Waals surface area contributed by atoms with E-state index in [2.05, 4.69) is 23.2 Å². The van der Waals surface area contributed by atoms with Crippen LogP contribution in [0, 0.1) is 25.2 Å². The number of carbonyl (C=O) groups excluding carboxylic acids is 1. The highest BCUT2D eigenvalue weighted by molar-refractivity contribution is 5.92. The minimum atomic E-state index is -0.164. The third kappa shape index (κ3) is 3.43. The summed E-state index contributed by atoms with van der Waals surface area (Å²) in [6.45, 7) is 6.77. The van der Waals surface area contributed by atoms with Gasteiger partial charge in [-0.05, 0) is 33.6 Å². The Kier molecular flexibility index (Phi) is 4.66. The van der Waals surface area contributed by atoms with E-state index in [-0.39, 0.29) is 30.4 Å². The molecule has 1 aromatic heterocycles. The van der Waals surface area contributed by atoms with E-state index in [9.17, 15) is 4.79 Å². The Morgan fingerprint density at radius 1 is 1.57 bits per heavy atom. The first-order chi connectivity index (χ1) is 9.92. The van der Waals surface area contributed by atoms with Crippen LogP contribution in [0.15, 0.2) is 4.42 Å². The second kappa shape index (κ2) is 6.29. The summed E-state index contributed by atoms with van der Waals surface area (Å²) in [7, 11) is 0. The summed E-state index contributed by atoms with van der Waals surface area (Å²) >= 11 is 0. The molecule has 21 heavy (non-hydrogen) atoms. The van der Waals surface area contributed by atoms with Gasteiger partial charge in [0.05, 0.1) is 6.54 Å². The zero-order valence-corrected chi connectivity index (χ0v) is 12.8. The van der Waals surface area contributed by atoms with Crippen molar-refractivity contribution in [1.82, 2.24) is 4.90 Å². The molecule has 0 radical (unpaired) electrons. The quantitative estimate of drug-likeness (QED) is 0.880. The van der Waals surface area contributed by atoms with E-state index in [0.29, 0.717) is 11.3 Å². The Morgan fingerprint density at radius 2 is 2.29 bits per heavy atom. The van der Waals surface area contributed by atoms with Crippen LogP contribution in [0.2, 0.25) is 0 Å². The Labute approximate surface area is 124 Å². The van der Waals surface area contributed by atoms with E-state index in [1.54, 1.807) is 13.8 Å². The SMILES string of the molecule is Cc1oc(NC(=O)CN2CCC(N)CC2C)c(C#N)c1C. The molecule has 0 saturated carbocycles. The lowest BCUT2D eigenvalue weighted by Gasteiger charge is -2.35. The monoisotopic (exact) mass is 290 g/mol. The number of nitrogens with two attached hydrogens (primary N) is 1. The number of likely N-dealkylation sites (tertiary alicyclic amines) is 1. The van der Waals surface area contributed by atoms with Gasteiger partial charge in [-0.2, -0.15) is 5.26 Å². The van der Waals surface area contributed by atoms with Crippen molar-refractivity contribution < 1.29 is 9.21 Å². The molecule has 1 aliphatic heterocycles. The number of nitrogens with zero attached hydrogens (tertiary/aromatic N) is 2. The van der Waals surface area contributed by atoms with Crippen molar-refractivity contribution in [2.24, 2.45) is 5.73 Å². The number of amides is 1. The van der Waals surface area contributed by atoms with Gasteiger partial charge in [-0.25, -0.2) is 0 Å². The topological polar surface area (TPSA) is 95.3 Å². The highest BCUT2D eigenvalue weighted by Crippen LogP contribution is 2.25. The predicted molar refractivity (Wildman–Crippen MR) is 79.8 cm³/mol. The summed E-state index contributed by atoms with van der Waals surface area (Å²) in [5.74, 6) is 0.737. The average molecular weight is 290 g/mol. The zero-order valence-electron chi connectivity index (χ0n) is 12.8. The highest BCUT2D eigenvalue weighted by atomic mass is 16.4. The third-order valence-corrected chi connectivity index (χ3v) is 4.15. The summed E-state index contributed by atoms with van der Waals surface area (Å²) in [6.07, 6.45) is 1.80. The molecule has 1 amide bonds. The first kappa shape index (κ1) is 15.5. The zero-order chi connectivity index (χ0) is 15.6. The molecule has 0 aliphatic carbocycles. The molecular weight excluding hydrogens is 268 g/mol. The molecular formula is C15H22N4O2. The molecule has 2 atom stereocenters. The van der Waals surface area contributed by atoms with Gasteiger partial charge in [0.15, 0.2) is 0 Å². The Hall–Kier alpha value is -1.84. The van der Waals surface area contributed by atoms with Crippen LogP contribution >= 0.6 is 0 Å². The maximum Gasteiger partial charge on any atom is 0.240 e. The van der Waals surface area contributed by atoms with Crippen LogP contribution in [0.5, 0.6) is 0 Å². The largest absolute Gasteiger partial charge is 0.444 e. The fourth-order valence-corrected chi connectivity index (χ4v) is 2.69. The van der Waals surface area contributed by atoms with E-state index in [0.717, 1.165) is 24.9 Å². The van der Waals surface area contributed by atoms with Crippen molar-refractivity contribution in [2.45, 2.75) is 45.7 Å². The standard InChI is InChI=1S/C15H22N4O2/c1-9-6-12(17)4-5-19(9)8-14(20)18-15-13(7-16)10(2)11(3)21-15/h9,12H,4-6,8,17H2,1-3H3,(H,18,20). The van der Waals surface area contributed by atoms with E-state index in [1.807, 2.05) is 0 Å². The molecule has 6 nitrogen and oxygen atoms in total. The molecule has 0 spiro atoms. The summed E-state index contributed by atoms with van der Waals surface area (Å²) < 4.78 is 5.45. The molecule has 114 valence electrons. The van der Waals surface area contributed by atoms with Crippen LogP contribution < -0.4 is 11.1 Å². The molecule has 1 aliphatic rings. The van der Waals surface area contributed by atoms with Gasteiger partial charge in [-0.1, -0.05) is 0 Å². The number of nitrogens with one attached hydrogen (secondary N) is 1. The minimum Gasteiger partial charge on any atom is -0.444 e. The van der Waals surface area contributed by atoms with Crippen molar-refractivity contribution in [3.8, 4) is 6.07 Å². The Bertz CT molecular complexity index is 573. The molecule has 1 aromatic rings. The summed E-state index contributed by atoms with van der Waals surface area (Å²) in [4.78, 5) is 14.2.